The van der Waals surface area contributed by atoms with Gasteiger partial charge in [0.15, 0.2) is 0 Å². The van der Waals surface area contributed by atoms with Crippen LogP contribution >= 0.6 is 0 Å². The number of aliphatic carboxylic acids is 1. The zero-order valence-corrected chi connectivity index (χ0v) is 10.5. The molecular formula is C13H15F2NO3. The van der Waals surface area contributed by atoms with E-state index in [4.69, 9.17) is 5.11 Å². The highest BCUT2D eigenvalue weighted by molar-refractivity contribution is 5.84. The summed E-state index contributed by atoms with van der Waals surface area (Å²) >= 11 is 0. The maximum Gasteiger partial charge on any atom is 0.326 e. The summed E-state index contributed by atoms with van der Waals surface area (Å²) in [6.07, 6.45) is 0.482. The average Bonchev–Trinajstić information content (AvgIpc) is 2.33. The van der Waals surface area contributed by atoms with E-state index in [1.165, 1.54) is 0 Å². The number of hydrogen-bond donors (Lipinski definition) is 2. The second kappa shape index (κ2) is 6.82. The number of amides is 1. The third-order valence-electron chi connectivity index (χ3n) is 2.57. The molecule has 104 valence electrons. The minimum atomic E-state index is -1.14. The quantitative estimate of drug-likeness (QED) is 0.830. The Morgan fingerprint density at radius 1 is 1.37 bits per heavy atom. The predicted octanol–water partition coefficient (Wildman–Crippen LogP) is 1.88. The fraction of sp³-hybridized carbons (Fsp3) is 0.385. The summed E-state index contributed by atoms with van der Waals surface area (Å²) in [5.74, 6) is -3.13. The SMILES string of the molecule is CCC[C@H](NC(=O)Cc1cc(F)ccc1F)C(=O)O. The van der Waals surface area contributed by atoms with Crippen molar-refractivity contribution in [2.45, 2.75) is 32.2 Å². The van der Waals surface area contributed by atoms with Crippen LogP contribution in [-0.4, -0.2) is 23.0 Å². The minimum Gasteiger partial charge on any atom is -0.480 e. The van der Waals surface area contributed by atoms with E-state index in [0.29, 0.717) is 6.42 Å². The van der Waals surface area contributed by atoms with Crippen molar-refractivity contribution in [3.05, 3.63) is 35.4 Å². The van der Waals surface area contributed by atoms with Crippen LogP contribution in [0.15, 0.2) is 18.2 Å². The average molecular weight is 271 g/mol. The first-order chi connectivity index (χ1) is 8.93. The molecule has 1 aromatic rings. The molecule has 0 aromatic heterocycles. The second-order valence-electron chi connectivity index (χ2n) is 4.16. The van der Waals surface area contributed by atoms with E-state index in [1.807, 2.05) is 0 Å². The van der Waals surface area contributed by atoms with Gasteiger partial charge in [-0.1, -0.05) is 13.3 Å². The van der Waals surface area contributed by atoms with E-state index in [-0.39, 0.29) is 12.0 Å². The number of carbonyl (C=O) groups excluding carboxylic acids is 1. The molecule has 0 heterocycles. The standard InChI is InChI=1S/C13H15F2NO3/c1-2-3-11(13(18)19)16-12(17)7-8-6-9(14)4-5-10(8)15/h4-6,11H,2-3,7H2,1H3,(H,16,17)(H,18,19)/t11-/m0/s1. The van der Waals surface area contributed by atoms with Gasteiger partial charge in [-0.2, -0.15) is 0 Å². The highest BCUT2D eigenvalue weighted by atomic mass is 19.1. The van der Waals surface area contributed by atoms with Crippen molar-refractivity contribution in [2.75, 3.05) is 0 Å². The highest BCUT2D eigenvalue weighted by Crippen LogP contribution is 2.10. The molecule has 2 N–H and O–H groups in total. The Morgan fingerprint density at radius 2 is 2.05 bits per heavy atom. The summed E-state index contributed by atoms with van der Waals surface area (Å²) < 4.78 is 26.2. The van der Waals surface area contributed by atoms with Crippen molar-refractivity contribution in [1.29, 1.82) is 0 Å². The lowest BCUT2D eigenvalue weighted by molar-refractivity contribution is -0.141. The molecule has 1 amide bonds. The normalized spacial score (nSPS) is 11.9. The molecular weight excluding hydrogens is 256 g/mol. The first-order valence-electron chi connectivity index (χ1n) is 5.90. The smallest absolute Gasteiger partial charge is 0.326 e. The summed E-state index contributed by atoms with van der Waals surface area (Å²) in [5.41, 5.74) is -0.0989. The summed E-state index contributed by atoms with van der Waals surface area (Å²) in [6.45, 7) is 1.79. The largest absolute Gasteiger partial charge is 0.480 e. The van der Waals surface area contributed by atoms with Crippen LogP contribution in [0.2, 0.25) is 0 Å². The van der Waals surface area contributed by atoms with Crippen LogP contribution in [0.25, 0.3) is 0 Å². The molecule has 0 unspecified atom stereocenters. The third kappa shape index (κ3) is 4.65. The second-order valence-corrected chi connectivity index (χ2v) is 4.16. The van der Waals surface area contributed by atoms with Crippen LogP contribution in [0.1, 0.15) is 25.3 Å². The van der Waals surface area contributed by atoms with Crippen LogP contribution < -0.4 is 5.32 Å². The number of carbonyl (C=O) groups is 2. The summed E-state index contributed by atoms with van der Waals surface area (Å²) in [5, 5.41) is 11.2. The van der Waals surface area contributed by atoms with Crippen molar-refractivity contribution < 1.29 is 23.5 Å². The van der Waals surface area contributed by atoms with Gasteiger partial charge in [0.2, 0.25) is 5.91 Å². The zero-order valence-electron chi connectivity index (χ0n) is 10.5. The maximum atomic E-state index is 13.3. The fourth-order valence-corrected chi connectivity index (χ4v) is 1.64. The van der Waals surface area contributed by atoms with Crippen LogP contribution in [0.5, 0.6) is 0 Å². The lowest BCUT2D eigenvalue weighted by Crippen LogP contribution is -2.41. The molecule has 19 heavy (non-hydrogen) atoms. The van der Waals surface area contributed by atoms with E-state index in [0.717, 1.165) is 18.2 Å². The molecule has 1 aromatic carbocycles. The Kier molecular flexibility index (Phi) is 5.41. The number of nitrogens with one attached hydrogen (secondary N) is 1. The van der Waals surface area contributed by atoms with Gasteiger partial charge in [-0.3, -0.25) is 4.79 Å². The van der Waals surface area contributed by atoms with Gasteiger partial charge in [0.25, 0.3) is 0 Å². The zero-order chi connectivity index (χ0) is 14.4. The van der Waals surface area contributed by atoms with Crippen LogP contribution in [0, 0.1) is 11.6 Å². The molecule has 6 heteroatoms. The molecule has 0 saturated carbocycles. The van der Waals surface area contributed by atoms with E-state index in [9.17, 15) is 18.4 Å². The number of carboxylic acid groups (broad SMARTS) is 1. The van der Waals surface area contributed by atoms with Crippen LogP contribution in [0.4, 0.5) is 8.78 Å². The molecule has 0 spiro atoms. The van der Waals surface area contributed by atoms with Crippen LogP contribution in [-0.2, 0) is 16.0 Å². The van der Waals surface area contributed by atoms with Crippen molar-refractivity contribution in [1.82, 2.24) is 5.32 Å². The lowest BCUT2D eigenvalue weighted by Gasteiger charge is -2.13. The molecule has 0 fully saturated rings. The van der Waals surface area contributed by atoms with Crippen molar-refractivity contribution in [3.63, 3.8) is 0 Å². The van der Waals surface area contributed by atoms with E-state index in [2.05, 4.69) is 5.32 Å². The molecule has 0 aliphatic rings. The van der Waals surface area contributed by atoms with Crippen molar-refractivity contribution in [3.8, 4) is 0 Å². The monoisotopic (exact) mass is 271 g/mol. The summed E-state index contributed by atoms with van der Waals surface area (Å²) in [7, 11) is 0. The van der Waals surface area contributed by atoms with Crippen molar-refractivity contribution in [2.24, 2.45) is 0 Å². The number of hydrogen-bond acceptors (Lipinski definition) is 2. The molecule has 0 bridgehead atoms. The van der Waals surface area contributed by atoms with Crippen LogP contribution in [0.3, 0.4) is 0 Å². The molecule has 0 saturated heterocycles. The number of rotatable bonds is 6. The first-order valence-corrected chi connectivity index (χ1v) is 5.90. The predicted molar refractivity (Wildman–Crippen MR) is 64.5 cm³/mol. The molecule has 1 rings (SSSR count). The minimum absolute atomic E-state index is 0.0989. The first kappa shape index (κ1) is 15.1. The third-order valence-corrected chi connectivity index (χ3v) is 2.57. The maximum absolute atomic E-state index is 13.3. The number of halogens is 2. The Hall–Kier alpha value is -1.98. The number of carboxylic acids is 1. The Morgan fingerprint density at radius 3 is 2.63 bits per heavy atom. The van der Waals surface area contributed by atoms with E-state index in [1.54, 1.807) is 6.92 Å². The van der Waals surface area contributed by atoms with Gasteiger partial charge in [-0.25, -0.2) is 13.6 Å². The van der Waals surface area contributed by atoms with E-state index < -0.39 is 36.0 Å². The molecule has 0 aliphatic carbocycles. The van der Waals surface area contributed by atoms with Gasteiger partial charge >= 0.3 is 5.97 Å². The molecule has 0 radical (unpaired) electrons. The summed E-state index contributed by atoms with van der Waals surface area (Å²) in [4.78, 5) is 22.5. The van der Waals surface area contributed by atoms with Gasteiger partial charge in [-0.15, -0.1) is 0 Å². The molecule has 4 nitrogen and oxygen atoms in total. The Balaban J connectivity index is 2.68. The topological polar surface area (TPSA) is 66.4 Å². The van der Waals surface area contributed by atoms with Gasteiger partial charge in [0, 0.05) is 5.56 Å². The van der Waals surface area contributed by atoms with E-state index >= 15 is 0 Å². The summed E-state index contributed by atoms with van der Waals surface area (Å²) in [6, 6.07) is 1.80. The van der Waals surface area contributed by atoms with Gasteiger partial charge < -0.3 is 10.4 Å². The highest BCUT2D eigenvalue weighted by Gasteiger charge is 2.19. The van der Waals surface area contributed by atoms with Gasteiger partial charge in [0.05, 0.1) is 6.42 Å². The molecule has 0 aliphatic heterocycles. The fourth-order valence-electron chi connectivity index (χ4n) is 1.64. The lowest BCUT2D eigenvalue weighted by atomic mass is 10.1. The number of benzene rings is 1. The van der Waals surface area contributed by atoms with Gasteiger partial charge in [0.1, 0.15) is 17.7 Å². The Labute approximate surface area is 109 Å². The van der Waals surface area contributed by atoms with Gasteiger partial charge in [-0.05, 0) is 24.6 Å². The Bertz CT molecular complexity index is 477. The molecule has 1 atom stereocenters. The van der Waals surface area contributed by atoms with Crippen molar-refractivity contribution >= 4 is 11.9 Å².